The molecule has 0 aliphatic carbocycles. The third kappa shape index (κ3) is 10.4. The lowest BCUT2D eigenvalue weighted by Crippen LogP contribution is -2.48. The average Bonchev–Trinajstić information content (AvgIpc) is 3.86. The number of hydrogen-bond donors (Lipinski definition) is 3. The highest BCUT2D eigenvalue weighted by Crippen LogP contribution is 2.33. The van der Waals surface area contributed by atoms with E-state index in [-0.39, 0.29) is 62.9 Å². The molecule has 0 bridgehead atoms. The first-order chi connectivity index (χ1) is 24.0. The van der Waals surface area contributed by atoms with Crippen molar-refractivity contribution in [2.24, 2.45) is 5.92 Å². The minimum atomic E-state index is -1.01. The van der Waals surface area contributed by atoms with Crippen LogP contribution >= 0.6 is 11.3 Å². The number of rotatable bonds is 19. The normalized spacial score (nSPS) is 17.0. The van der Waals surface area contributed by atoms with Gasteiger partial charge in [0.1, 0.15) is 24.2 Å². The Hall–Kier alpha value is -4.25. The van der Waals surface area contributed by atoms with Crippen molar-refractivity contribution in [2.45, 2.75) is 51.7 Å². The van der Waals surface area contributed by atoms with Crippen molar-refractivity contribution >= 4 is 29.2 Å². The lowest BCUT2D eigenvalue weighted by Gasteiger charge is -2.28. The highest BCUT2D eigenvalue weighted by Gasteiger charge is 2.41. The van der Waals surface area contributed by atoms with Gasteiger partial charge >= 0.3 is 6.09 Å². The van der Waals surface area contributed by atoms with E-state index in [1.54, 1.807) is 31.4 Å². The Balaban J connectivity index is 1.21. The first-order valence-electron chi connectivity index (χ1n) is 16.5. The molecular weight excluding hydrogens is 670 g/mol. The summed E-state index contributed by atoms with van der Waals surface area (Å²) in [6.07, 6.45) is -1.14. The molecule has 16 heteroatoms. The summed E-state index contributed by atoms with van der Waals surface area (Å²) in [6, 6.07) is 6.80. The molecular formula is C34H47N5O10S. The third-order valence-corrected chi connectivity index (χ3v) is 9.67. The lowest BCUT2D eigenvalue weighted by molar-refractivity contribution is -0.141. The van der Waals surface area contributed by atoms with Crippen LogP contribution in [0.1, 0.15) is 43.2 Å². The van der Waals surface area contributed by atoms with E-state index in [1.165, 1.54) is 11.9 Å². The summed E-state index contributed by atoms with van der Waals surface area (Å²) in [5.74, 6) is -0.118. The molecule has 3 amide bonds. The van der Waals surface area contributed by atoms with Crippen molar-refractivity contribution in [2.75, 3.05) is 66.8 Å². The van der Waals surface area contributed by atoms with Gasteiger partial charge in [-0.3, -0.25) is 9.59 Å². The summed E-state index contributed by atoms with van der Waals surface area (Å²) in [7, 11) is 3.08. The van der Waals surface area contributed by atoms with Gasteiger partial charge in [-0.05, 0) is 35.7 Å². The van der Waals surface area contributed by atoms with Crippen LogP contribution in [0.2, 0.25) is 0 Å². The average molecular weight is 718 g/mol. The lowest BCUT2D eigenvalue weighted by atomic mass is 9.92. The number of aromatic nitrogens is 2. The van der Waals surface area contributed by atoms with E-state index < -0.39 is 24.2 Å². The highest BCUT2D eigenvalue weighted by atomic mass is 32.1. The zero-order chi connectivity index (χ0) is 36.2. The van der Waals surface area contributed by atoms with E-state index in [0.29, 0.717) is 31.9 Å². The molecule has 0 unspecified atom stereocenters. The number of likely N-dealkylation sites (tertiary alicyclic amines) is 1. The number of nitrogens with one attached hydrogen (secondary N) is 1. The van der Waals surface area contributed by atoms with Crippen LogP contribution in [0.15, 0.2) is 34.3 Å². The van der Waals surface area contributed by atoms with Crippen LogP contribution in [-0.2, 0) is 25.5 Å². The number of carbonyl (C=O) groups excluding carboxylic acids is 2. The molecule has 274 valence electrons. The maximum Gasteiger partial charge on any atom is 0.407 e. The number of thiazole rings is 1. The van der Waals surface area contributed by atoms with Crippen LogP contribution in [0.5, 0.6) is 11.6 Å². The Morgan fingerprint density at radius 2 is 1.88 bits per heavy atom. The Morgan fingerprint density at radius 3 is 2.58 bits per heavy atom. The van der Waals surface area contributed by atoms with Gasteiger partial charge in [-0.2, -0.15) is 0 Å². The van der Waals surface area contributed by atoms with Gasteiger partial charge in [0, 0.05) is 51.0 Å². The second kappa shape index (κ2) is 18.7. The summed E-state index contributed by atoms with van der Waals surface area (Å²) in [5.41, 5.74) is 4.73. The molecule has 1 aliphatic rings. The zero-order valence-corrected chi connectivity index (χ0v) is 29.9. The Bertz CT molecular complexity index is 1560. The molecule has 0 spiro atoms. The van der Waals surface area contributed by atoms with E-state index in [0.717, 1.165) is 32.3 Å². The maximum atomic E-state index is 13.6. The summed E-state index contributed by atoms with van der Waals surface area (Å²) < 4.78 is 27.5. The van der Waals surface area contributed by atoms with Crippen LogP contribution in [0.25, 0.3) is 10.4 Å². The molecule has 2 aromatic heterocycles. The van der Waals surface area contributed by atoms with E-state index in [9.17, 15) is 19.5 Å². The highest BCUT2D eigenvalue weighted by molar-refractivity contribution is 7.13. The Labute approximate surface area is 295 Å². The number of hydrogen-bond acceptors (Lipinski definition) is 12. The van der Waals surface area contributed by atoms with Crippen molar-refractivity contribution in [1.29, 1.82) is 0 Å². The fourth-order valence-electron chi connectivity index (χ4n) is 5.52. The van der Waals surface area contributed by atoms with Gasteiger partial charge < -0.3 is 48.8 Å². The standard InChI is InChI=1S/C34H47N5O10S/c1-21(28-18-30(37-49-28)48-15-14-47-13-12-46-11-10-38(4)34(43)44)22(2)33(42)39-19-26(40)17-27(39)32(41)35-9-8-24-6-7-25(16-29(24)45-5)31-23(3)36-20-50-31/h6-7,16,18,20-22,26-27,40H,8-15,17,19H2,1-5H3,(H,35,41)(H,43,44)/t21-,22-,26+,27-/m0/s1. The first kappa shape index (κ1) is 38.6. The second-order valence-corrected chi connectivity index (χ2v) is 13.0. The number of likely N-dealkylation sites (N-methyl/N-ethyl adjacent to an activating group) is 1. The number of benzene rings is 1. The van der Waals surface area contributed by atoms with Crippen LogP contribution < -0.4 is 14.8 Å². The predicted molar refractivity (Wildman–Crippen MR) is 184 cm³/mol. The molecule has 3 heterocycles. The molecule has 3 N–H and O–H groups in total. The molecule has 1 fully saturated rings. The third-order valence-electron chi connectivity index (χ3n) is 8.70. The summed E-state index contributed by atoms with van der Waals surface area (Å²) in [5, 5.41) is 26.1. The van der Waals surface area contributed by atoms with Crippen molar-refractivity contribution in [3.05, 3.63) is 46.8 Å². The predicted octanol–water partition coefficient (Wildman–Crippen LogP) is 3.20. The van der Waals surface area contributed by atoms with E-state index in [4.69, 9.17) is 28.6 Å². The number of methoxy groups -OCH3 is 1. The number of aryl methyl sites for hydroxylation is 1. The van der Waals surface area contributed by atoms with Crippen molar-refractivity contribution in [1.82, 2.24) is 25.3 Å². The minimum absolute atomic E-state index is 0.0649. The number of aliphatic hydroxyl groups is 1. The molecule has 4 rings (SSSR count). The maximum absolute atomic E-state index is 13.6. The second-order valence-electron chi connectivity index (χ2n) is 12.2. The molecule has 1 aliphatic heterocycles. The number of ether oxygens (including phenoxy) is 4. The van der Waals surface area contributed by atoms with Crippen LogP contribution in [0.4, 0.5) is 4.79 Å². The minimum Gasteiger partial charge on any atom is -0.496 e. The number of carbonyl (C=O) groups is 3. The quantitative estimate of drug-likeness (QED) is 0.154. The van der Waals surface area contributed by atoms with Crippen LogP contribution in [0.3, 0.4) is 0 Å². The topological polar surface area (TPSA) is 186 Å². The van der Waals surface area contributed by atoms with Gasteiger partial charge in [0.05, 0.1) is 55.7 Å². The smallest absolute Gasteiger partial charge is 0.407 e. The first-order valence-corrected chi connectivity index (χ1v) is 17.4. The molecule has 0 radical (unpaired) electrons. The zero-order valence-electron chi connectivity index (χ0n) is 29.1. The fraction of sp³-hybridized carbons (Fsp3) is 0.559. The van der Waals surface area contributed by atoms with E-state index in [2.05, 4.69) is 15.5 Å². The van der Waals surface area contributed by atoms with Crippen molar-refractivity contribution in [3.63, 3.8) is 0 Å². The Kier molecular flexibility index (Phi) is 14.4. The largest absolute Gasteiger partial charge is 0.496 e. The number of amides is 3. The monoisotopic (exact) mass is 717 g/mol. The number of nitrogens with zero attached hydrogens (tertiary/aromatic N) is 4. The SMILES string of the molecule is COc1cc(-c2scnc2C)ccc1CCNC(=O)[C@@H]1C[C@@H](O)CN1C(=O)[C@@H](C)[C@H](C)c1cc(OCCOCCOCCN(C)C(=O)O)no1. The van der Waals surface area contributed by atoms with Crippen molar-refractivity contribution in [3.8, 4) is 22.1 Å². The number of aliphatic hydroxyl groups excluding tert-OH is 1. The van der Waals surface area contributed by atoms with Gasteiger partial charge in [-0.15, -0.1) is 11.3 Å². The van der Waals surface area contributed by atoms with E-state index in [1.807, 2.05) is 37.6 Å². The summed E-state index contributed by atoms with van der Waals surface area (Å²) in [4.78, 5) is 45.6. The fourth-order valence-corrected chi connectivity index (χ4v) is 6.32. The molecule has 1 saturated heterocycles. The molecule has 50 heavy (non-hydrogen) atoms. The molecule has 0 saturated carbocycles. The molecule has 3 aromatic rings. The number of β-amino-alcohol motifs (C(OH)–C–C–N with tert-alkyl or cyclic N) is 1. The van der Waals surface area contributed by atoms with Gasteiger partial charge in [0.15, 0.2) is 0 Å². The summed E-state index contributed by atoms with van der Waals surface area (Å²) >= 11 is 1.57. The molecule has 4 atom stereocenters. The molecule has 1 aromatic carbocycles. The van der Waals surface area contributed by atoms with Crippen LogP contribution in [0, 0.1) is 12.8 Å². The van der Waals surface area contributed by atoms with Crippen LogP contribution in [-0.4, -0.2) is 127 Å². The Morgan fingerprint density at radius 1 is 1.14 bits per heavy atom. The van der Waals surface area contributed by atoms with E-state index >= 15 is 0 Å². The van der Waals surface area contributed by atoms with Gasteiger partial charge in [0.2, 0.25) is 11.8 Å². The molecule has 15 nitrogen and oxygen atoms in total. The summed E-state index contributed by atoms with van der Waals surface area (Å²) in [6.45, 7) is 7.63. The van der Waals surface area contributed by atoms with Crippen molar-refractivity contribution < 1.29 is 48.1 Å². The van der Waals surface area contributed by atoms with Gasteiger partial charge in [-0.25, -0.2) is 9.78 Å². The number of carboxylic acid groups (broad SMARTS) is 1. The van der Waals surface area contributed by atoms with Gasteiger partial charge in [0.25, 0.3) is 5.88 Å². The van der Waals surface area contributed by atoms with Gasteiger partial charge in [-0.1, -0.05) is 26.0 Å².